The van der Waals surface area contributed by atoms with E-state index in [0.717, 1.165) is 18.7 Å². The topological polar surface area (TPSA) is 70.1 Å². The van der Waals surface area contributed by atoms with E-state index < -0.39 is 5.82 Å². The number of para-hydroxylation sites is 1. The molecule has 2 N–H and O–H groups in total. The van der Waals surface area contributed by atoms with Gasteiger partial charge in [0.25, 0.3) is 5.91 Å². The van der Waals surface area contributed by atoms with Crippen LogP contribution in [0.15, 0.2) is 47.6 Å². The molecule has 33 heavy (non-hydrogen) atoms. The number of hydrogen-bond acceptors (Lipinski definition) is 6. The lowest BCUT2D eigenvalue weighted by molar-refractivity contribution is 0.0978. The van der Waals surface area contributed by atoms with Gasteiger partial charge in [0.05, 0.1) is 21.6 Å². The molecule has 0 saturated heterocycles. The molecular weight excluding hydrogens is 461 g/mol. The van der Waals surface area contributed by atoms with Crippen LogP contribution in [0.3, 0.4) is 0 Å². The molecule has 0 spiro atoms. The van der Waals surface area contributed by atoms with E-state index in [1.54, 1.807) is 6.07 Å². The number of fused-ring (bicyclic) bond motifs is 2. The zero-order valence-electron chi connectivity index (χ0n) is 18.4. The first-order chi connectivity index (χ1) is 15.7. The van der Waals surface area contributed by atoms with Crippen LogP contribution in [0, 0.1) is 5.82 Å². The van der Waals surface area contributed by atoms with Crippen molar-refractivity contribution in [3.05, 3.63) is 70.1 Å². The van der Waals surface area contributed by atoms with Gasteiger partial charge in [0.15, 0.2) is 0 Å². The van der Waals surface area contributed by atoms with Crippen molar-refractivity contribution in [2.45, 2.75) is 43.1 Å². The SMILES string of the molecule is CC1Sc2nc(Nc3ccc4c(c3)CCNC4(C)C)ncc2C(=O)N1c1c(F)cccc1Cl. The fourth-order valence-electron chi connectivity index (χ4n) is 4.40. The third kappa shape index (κ3) is 3.96. The number of rotatable bonds is 3. The summed E-state index contributed by atoms with van der Waals surface area (Å²) >= 11 is 7.58. The number of carbonyl (C=O) groups excluding carboxylic acids is 1. The molecule has 170 valence electrons. The summed E-state index contributed by atoms with van der Waals surface area (Å²) in [5, 5.41) is 7.14. The molecule has 0 radical (unpaired) electrons. The molecule has 1 atom stereocenters. The number of nitrogens with zero attached hydrogens (tertiary/aromatic N) is 3. The highest BCUT2D eigenvalue weighted by molar-refractivity contribution is 8.00. The van der Waals surface area contributed by atoms with Crippen LogP contribution in [-0.2, 0) is 12.0 Å². The molecule has 0 aliphatic carbocycles. The summed E-state index contributed by atoms with van der Waals surface area (Å²) in [6.45, 7) is 7.11. The Kier molecular flexibility index (Phi) is 5.55. The van der Waals surface area contributed by atoms with Crippen LogP contribution < -0.4 is 15.5 Å². The molecule has 0 saturated carbocycles. The monoisotopic (exact) mass is 483 g/mol. The molecule has 2 aliphatic rings. The average molecular weight is 484 g/mol. The number of amides is 1. The van der Waals surface area contributed by atoms with E-state index >= 15 is 0 Å². The van der Waals surface area contributed by atoms with Crippen LogP contribution in [0.4, 0.5) is 21.7 Å². The summed E-state index contributed by atoms with van der Waals surface area (Å²) in [5.41, 5.74) is 3.80. The minimum Gasteiger partial charge on any atom is -0.324 e. The molecule has 5 rings (SSSR count). The van der Waals surface area contributed by atoms with Gasteiger partial charge in [-0.05, 0) is 69.1 Å². The number of aromatic nitrogens is 2. The summed E-state index contributed by atoms with van der Waals surface area (Å²) in [5.74, 6) is -0.512. The first kappa shape index (κ1) is 22.1. The number of halogens is 2. The van der Waals surface area contributed by atoms with E-state index in [4.69, 9.17) is 11.6 Å². The third-order valence-corrected chi connectivity index (χ3v) is 7.41. The van der Waals surface area contributed by atoms with E-state index in [1.807, 2.05) is 13.0 Å². The Morgan fingerprint density at radius 3 is 2.91 bits per heavy atom. The van der Waals surface area contributed by atoms with Crippen LogP contribution in [0.1, 0.15) is 42.3 Å². The van der Waals surface area contributed by atoms with Crippen LogP contribution in [0.25, 0.3) is 0 Å². The van der Waals surface area contributed by atoms with Crippen LogP contribution in [-0.4, -0.2) is 27.8 Å². The molecule has 3 aromatic rings. The van der Waals surface area contributed by atoms with Crippen molar-refractivity contribution in [2.75, 3.05) is 16.8 Å². The second-order valence-corrected chi connectivity index (χ2v) is 10.4. The molecular formula is C24H23ClFN5OS. The molecule has 1 amide bonds. The van der Waals surface area contributed by atoms with Gasteiger partial charge < -0.3 is 10.6 Å². The highest BCUT2D eigenvalue weighted by Crippen LogP contribution is 2.41. The van der Waals surface area contributed by atoms with E-state index in [1.165, 1.54) is 46.1 Å². The van der Waals surface area contributed by atoms with Gasteiger partial charge in [-0.15, -0.1) is 0 Å². The highest BCUT2D eigenvalue weighted by atomic mass is 35.5. The number of nitrogens with one attached hydrogen (secondary N) is 2. The molecule has 0 bridgehead atoms. The Morgan fingerprint density at radius 1 is 1.30 bits per heavy atom. The van der Waals surface area contributed by atoms with Crippen molar-refractivity contribution in [2.24, 2.45) is 0 Å². The first-order valence-corrected chi connectivity index (χ1v) is 12.0. The maximum Gasteiger partial charge on any atom is 0.263 e. The zero-order chi connectivity index (χ0) is 23.3. The number of carbonyl (C=O) groups is 1. The highest BCUT2D eigenvalue weighted by Gasteiger charge is 2.36. The van der Waals surface area contributed by atoms with Crippen LogP contribution >= 0.6 is 23.4 Å². The fourth-order valence-corrected chi connectivity index (χ4v) is 5.69. The Labute approximate surface area is 201 Å². The maximum absolute atomic E-state index is 14.5. The van der Waals surface area contributed by atoms with Crippen LogP contribution in [0.2, 0.25) is 5.02 Å². The maximum atomic E-state index is 14.5. The van der Waals surface area contributed by atoms with E-state index in [2.05, 4.69) is 46.6 Å². The summed E-state index contributed by atoms with van der Waals surface area (Å²) in [6, 6.07) is 10.6. The summed E-state index contributed by atoms with van der Waals surface area (Å²) < 4.78 is 14.5. The summed E-state index contributed by atoms with van der Waals surface area (Å²) in [4.78, 5) is 23.5. The van der Waals surface area contributed by atoms with Crippen molar-refractivity contribution < 1.29 is 9.18 Å². The molecule has 3 heterocycles. The van der Waals surface area contributed by atoms with Crippen molar-refractivity contribution in [1.29, 1.82) is 0 Å². The molecule has 1 unspecified atom stereocenters. The minimum absolute atomic E-state index is 0.0609. The lowest BCUT2D eigenvalue weighted by Gasteiger charge is -2.34. The lowest BCUT2D eigenvalue weighted by atomic mass is 9.85. The van der Waals surface area contributed by atoms with Crippen molar-refractivity contribution in [3.8, 4) is 0 Å². The van der Waals surface area contributed by atoms with Gasteiger partial charge in [-0.2, -0.15) is 0 Å². The largest absolute Gasteiger partial charge is 0.324 e. The summed E-state index contributed by atoms with van der Waals surface area (Å²) in [6.07, 6.45) is 2.44. The fraction of sp³-hybridized carbons (Fsp3) is 0.292. The normalized spacial score (nSPS) is 19.1. The number of benzene rings is 2. The van der Waals surface area contributed by atoms with Crippen molar-refractivity contribution >= 4 is 46.6 Å². The molecule has 1 aromatic heterocycles. The molecule has 2 aromatic carbocycles. The molecule has 0 fully saturated rings. The Bertz CT molecular complexity index is 1250. The molecule has 9 heteroatoms. The zero-order valence-corrected chi connectivity index (χ0v) is 20.0. The number of hydrogen-bond donors (Lipinski definition) is 2. The van der Waals surface area contributed by atoms with E-state index in [0.29, 0.717) is 16.5 Å². The standard InChI is InChI=1S/C24H23ClFN5OS/c1-13-31(20-18(25)5-4-6-19(20)26)22(32)16-12-27-23(30-21(16)33-13)29-15-7-8-17-14(11-15)9-10-28-24(17,2)3/h4-8,11-13,28H,9-10H2,1-3H3,(H,27,29,30). The van der Waals surface area contributed by atoms with Gasteiger partial charge in [-0.25, -0.2) is 14.4 Å². The van der Waals surface area contributed by atoms with Gasteiger partial charge in [-0.3, -0.25) is 9.69 Å². The second-order valence-electron chi connectivity index (χ2n) is 8.67. The summed E-state index contributed by atoms with van der Waals surface area (Å²) in [7, 11) is 0. The van der Waals surface area contributed by atoms with Gasteiger partial charge in [0.1, 0.15) is 10.8 Å². The number of thioether (sulfide) groups is 1. The molecule has 2 aliphatic heterocycles. The van der Waals surface area contributed by atoms with Gasteiger partial charge in [0.2, 0.25) is 5.95 Å². The number of anilines is 3. The third-order valence-electron chi connectivity index (χ3n) is 6.02. The minimum atomic E-state index is -0.545. The van der Waals surface area contributed by atoms with Crippen molar-refractivity contribution in [1.82, 2.24) is 15.3 Å². The van der Waals surface area contributed by atoms with E-state index in [-0.39, 0.29) is 27.5 Å². The van der Waals surface area contributed by atoms with Gasteiger partial charge in [-0.1, -0.05) is 35.5 Å². The Hall–Kier alpha value is -2.68. The van der Waals surface area contributed by atoms with Crippen molar-refractivity contribution in [3.63, 3.8) is 0 Å². The predicted octanol–water partition coefficient (Wildman–Crippen LogP) is 5.49. The first-order valence-electron chi connectivity index (χ1n) is 10.7. The average Bonchev–Trinajstić information content (AvgIpc) is 2.75. The van der Waals surface area contributed by atoms with E-state index in [9.17, 15) is 9.18 Å². The predicted molar refractivity (Wildman–Crippen MR) is 130 cm³/mol. The van der Waals surface area contributed by atoms with Gasteiger partial charge in [0, 0.05) is 17.4 Å². The van der Waals surface area contributed by atoms with Crippen LogP contribution in [0.5, 0.6) is 0 Å². The van der Waals surface area contributed by atoms with Gasteiger partial charge >= 0.3 is 0 Å². The molecule has 6 nitrogen and oxygen atoms in total. The second kappa shape index (κ2) is 8.27. The Morgan fingerprint density at radius 2 is 2.12 bits per heavy atom. The Balaban J connectivity index is 1.43. The lowest BCUT2D eigenvalue weighted by Crippen LogP contribution is -2.42. The smallest absolute Gasteiger partial charge is 0.263 e. The quantitative estimate of drug-likeness (QED) is 0.480.